The summed E-state index contributed by atoms with van der Waals surface area (Å²) in [6, 6.07) is 3.77. The van der Waals surface area contributed by atoms with Gasteiger partial charge in [0.05, 0.1) is 5.69 Å². The maximum Gasteiger partial charge on any atom is 0.224 e. The average Bonchev–Trinajstić information content (AvgIpc) is 2.22. The molecule has 0 bridgehead atoms. The molecule has 0 radical (unpaired) electrons. The van der Waals surface area contributed by atoms with Gasteiger partial charge in [-0.25, -0.2) is 0 Å². The first-order chi connectivity index (χ1) is 7.49. The second-order valence-electron chi connectivity index (χ2n) is 3.76. The molecule has 0 fully saturated rings. The van der Waals surface area contributed by atoms with Crippen molar-refractivity contribution in [3.8, 4) is 0 Å². The van der Waals surface area contributed by atoms with Crippen LogP contribution in [0.15, 0.2) is 24.8 Å². The first kappa shape index (κ1) is 12.8. The van der Waals surface area contributed by atoms with E-state index in [1.807, 2.05) is 26.0 Å². The number of amides is 1. The van der Waals surface area contributed by atoms with Gasteiger partial charge in [0, 0.05) is 18.5 Å². The lowest BCUT2D eigenvalue weighted by atomic mass is 10.1. The summed E-state index contributed by atoms with van der Waals surface area (Å²) in [5.41, 5.74) is 2.86. The molecule has 0 atom stereocenters. The predicted octanol–water partition coefficient (Wildman–Crippen LogP) is 3.50. The minimum atomic E-state index is -0.00614. The van der Waals surface area contributed by atoms with Crippen LogP contribution in [0.5, 0.6) is 0 Å². The van der Waals surface area contributed by atoms with Crippen LogP contribution < -0.4 is 4.90 Å². The molecule has 0 spiro atoms. The topological polar surface area (TPSA) is 20.3 Å². The van der Waals surface area contributed by atoms with Gasteiger partial charge in [-0.15, -0.1) is 6.58 Å². The van der Waals surface area contributed by atoms with Gasteiger partial charge in [-0.3, -0.25) is 4.79 Å². The molecule has 2 nitrogen and oxygen atoms in total. The summed E-state index contributed by atoms with van der Waals surface area (Å²) in [6.07, 6.45) is 1.71. The first-order valence-electron chi connectivity index (χ1n) is 5.13. The molecule has 0 N–H and O–H groups in total. The monoisotopic (exact) mass is 237 g/mol. The third kappa shape index (κ3) is 2.45. The molecule has 0 aliphatic heterocycles. The maximum atomic E-state index is 11.6. The van der Waals surface area contributed by atoms with Crippen molar-refractivity contribution in [3.63, 3.8) is 0 Å². The number of hydrogen-bond acceptors (Lipinski definition) is 1. The zero-order valence-corrected chi connectivity index (χ0v) is 10.6. The molecule has 0 saturated heterocycles. The molecule has 16 heavy (non-hydrogen) atoms. The maximum absolute atomic E-state index is 11.6. The van der Waals surface area contributed by atoms with Gasteiger partial charge in [0.25, 0.3) is 0 Å². The summed E-state index contributed by atoms with van der Waals surface area (Å²) in [5, 5.41) is 0.677. The fourth-order valence-corrected chi connectivity index (χ4v) is 1.89. The Morgan fingerprint density at radius 1 is 1.50 bits per heavy atom. The van der Waals surface area contributed by atoms with Gasteiger partial charge in [0.15, 0.2) is 0 Å². The van der Waals surface area contributed by atoms with Crippen LogP contribution >= 0.6 is 11.6 Å². The molecule has 0 aromatic heterocycles. The van der Waals surface area contributed by atoms with Gasteiger partial charge in [-0.05, 0) is 31.0 Å². The molecule has 1 aromatic carbocycles. The summed E-state index contributed by atoms with van der Waals surface area (Å²) in [4.78, 5) is 13.3. The standard InChI is InChI=1S/C13H16ClNO/c1-5-8-15(11(4)16)13-9(2)6-7-12(14)10(13)3/h5-7H,1,8H2,2-4H3. The summed E-state index contributed by atoms with van der Waals surface area (Å²) in [6.45, 7) is 9.60. The number of benzene rings is 1. The van der Waals surface area contributed by atoms with Gasteiger partial charge in [-0.2, -0.15) is 0 Å². The van der Waals surface area contributed by atoms with E-state index < -0.39 is 0 Å². The Morgan fingerprint density at radius 3 is 2.62 bits per heavy atom. The van der Waals surface area contributed by atoms with E-state index in [9.17, 15) is 4.79 Å². The number of rotatable bonds is 3. The molecule has 0 heterocycles. The highest BCUT2D eigenvalue weighted by atomic mass is 35.5. The summed E-state index contributed by atoms with van der Waals surface area (Å²) in [7, 11) is 0. The Bertz CT molecular complexity index is 426. The molecular weight excluding hydrogens is 222 g/mol. The summed E-state index contributed by atoms with van der Waals surface area (Å²) < 4.78 is 0. The lowest BCUT2D eigenvalue weighted by molar-refractivity contribution is -0.116. The summed E-state index contributed by atoms with van der Waals surface area (Å²) >= 11 is 6.07. The van der Waals surface area contributed by atoms with Gasteiger partial charge in [0.2, 0.25) is 5.91 Å². The third-order valence-electron chi connectivity index (χ3n) is 2.53. The van der Waals surface area contributed by atoms with Crippen molar-refractivity contribution < 1.29 is 4.79 Å². The third-order valence-corrected chi connectivity index (χ3v) is 2.94. The highest BCUT2D eigenvalue weighted by Crippen LogP contribution is 2.30. The van der Waals surface area contributed by atoms with Gasteiger partial charge in [-0.1, -0.05) is 23.7 Å². The van der Waals surface area contributed by atoms with Crippen molar-refractivity contribution in [2.24, 2.45) is 0 Å². The van der Waals surface area contributed by atoms with Gasteiger partial charge >= 0.3 is 0 Å². The SMILES string of the molecule is C=CCN(C(C)=O)c1c(C)ccc(Cl)c1C. The number of nitrogens with zero attached hydrogens (tertiary/aromatic N) is 1. The number of hydrogen-bond donors (Lipinski definition) is 0. The minimum Gasteiger partial charge on any atom is -0.308 e. The zero-order valence-electron chi connectivity index (χ0n) is 9.88. The molecule has 86 valence electrons. The van der Waals surface area contributed by atoms with E-state index in [2.05, 4.69) is 6.58 Å². The lowest BCUT2D eigenvalue weighted by Gasteiger charge is -2.24. The number of aryl methyl sites for hydroxylation is 1. The van der Waals surface area contributed by atoms with Crippen molar-refractivity contribution in [1.82, 2.24) is 0 Å². The molecule has 0 aliphatic carbocycles. The molecule has 0 saturated carbocycles. The Kier molecular flexibility index (Phi) is 4.13. The second-order valence-corrected chi connectivity index (χ2v) is 4.16. The van der Waals surface area contributed by atoms with E-state index in [1.165, 1.54) is 0 Å². The molecule has 1 amide bonds. The lowest BCUT2D eigenvalue weighted by Crippen LogP contribution is -2.29. The predicted molar refractivity (Wildman–Crippen MR) is 69.2 cm³/mol. The molecular formula is C13H16ClNO. The van der Waals surface area contributed by atoms with Crippen LogP contribution in [0.3, 0.4) is 0 Å². The number of anilines is 1. The number of halogens is 1. The first-order valence-corrected chi connectivity index (χ1v) is 5.51. The van der Waals surface area contributed by atoms with E-state index in [4.69, 9.17) is 11.6 Å². The van der Waals surface area contributed by atoms with Crippen LogP contribution in [0.1, 0.15) is 18.1 Å². The summed E-state index contributed by atoms with van der Waals surface area (Å²) in [5.74, 6) is -0.00614. The molecule has 1 aromatic rings. The molecule has 0 unspecified atom stereocenters. The quantitative estimate of drug-likeness (QED) is 0.737. The molecule has 3 heteroatoms. The Labute approximate surface area is 102 Å². The van der Waals surface area contributed by atoms with Crippen LogP contribution in [-0.4, -0.2) is 12.5 Å². The number of carbonyl (C=O) groups is 1. The van der Waals surface area contributed by atoms with Crippen LogP contribution in [-0.2, 0) is 4.79 Å². The molecule has 1 rings (SSSR count). The smallest absolute Gasteiger partial charge is 0.224 e. The highest BCUT2D eigenvalue weighted by Gasteiger charge is 2.16. The van der Waals surface area contributed by atoms with E-state index in [0.29, 0.717) is 11.6 Å². The average molecular weight is 238 g/mol. The van der Waals surface area contributed by atoms with E-state index >= 15 is 0 Å². The second kappa shape index (κ2) is 5.17. The zero-order chi connectivity index (χ0) is 12.3. The van der Waals surface area contributed by atoms with Crippen molar-refractivity contribution in [2.45, 2.75) is 20.8 Å². The Balaban J connectivity index is 3.33. The normalized spacial score (nSPS) is 10.0. The fraction of sp³-hybridized carbons (Fsp3) is 0.308. The number of carbonyl (C=O) groups excluding carboxylic acids is 1. The van der Waals surface area contributed by atoms with Crippen LogP contribution in [0.2, 0.25) is 5.02 Å². The van der Waals surface area contributed by atoms with E-state index in [1.54, 1.807) is 17.9 Å². The van der Waals surface area contributed by atoms with E-state index in [-0.39, 0.29) is 5.91 Å². The van der Waals surface area contributed by atoms with Crippen molar-refractivity contribution in [2.75, 3.05) is 11.4 Å². The largest absolute Gasteiger partial charge is 0.308 e. The van der Waals surface area contributed by atoms with Crippen molar-refractivity contribution in [3.05, 3.63) is 40.9 Å². The van der Waals surface area contributed by atoms with Gasteiger partial charge in [0.1, 0.15) is 0 Å². The van der Waals surface area contributed by atoms with E-state index in [0.717, 1.165) is 16.8 Å². The Morgan fingerprint density at radius 2 is 2.12 bits per heavy atom. The molecule has 0 aliphatic rings. The van der Waals surface area contributed by atoms with Crippen LogP contribution in [0, 0.1) is 13.8 Å². The van der Waals surface area contributed by atoms with Crippen molar-refractivity contribution in [1.29, 1.82) is 0 Å². The minimum absolute atomic E-state index is 0.00614. The van der Waals surface area contributed by atoms with Crippen molar-refractivity contribution >= 4 is 23.2 Å². The van der Waals surface area contributed by atoms with Crippen LogP contribution in [0.25, 0.3) is 0 Å². The van der Waals surface area contributed by atoms with Gasteiger partial charge < -0.3 is 4.90 Å². The highest BCUT2D eigenvalue weighted by molar-refractivity contribution is 6.31. The Hall–Kier alpha value is -1.28. The van der Waals surface area contributed by atoms with Crippen LogP contribution in [0.4, 0.5) is 5.69 Å². The fourth-order valence-electron chi connectivity index (χ4n) is 1.73.